The van der Waals surface area contributed by atoms with Gasteiger partial charge in [0.25, 0.3) is 0 Å². The zero-order valence-electron chi connectivity index (χ0n) is 24.4. The van der Waals surface area contributed by atoms with E-state index in [1.54, 1.807) is 0 Å². The highest BCUT2D eigenvalue weighted by molar-refractivity contribution is 6.16. The summed E-state index contributed by atoms with van der Waals surface area (Å²) in [6, 6.07) is 42.3. The van der Waals surface area contributed by atoms with Crippen LogP contribution in [0, 0.1) is 0 Å². The number of fused-ring (bicyclic) bond motifs is 5. The van der Waals surface area contributed by atoms with Gasteiger partial charge < -0.3 is 4.42 Å². The summed E-state index contributed by atoms with van der Waals surface area (Å²) in [7, 11) is 0. The quantitative estimate of drug-likeness (QED) is 0.209. The molecule has 1 atom stereocenters. The number of hydrogen-bond acceptors (Lipinski definition) is 4. The Morgan fingerprint density at radius 2 is 1.22 bits per heavy atom. The number of aromatic nitrogens is 3. The highest BCUT2D eigenvalue weighted by Crippen LogP contribution is 2.42. The molecule has 0 fully saturated rings. The summed E-state index contributed by atoms with van der Waals surface area (Å²) >= 11 is 0. The van der Waals surface area contributed by atoms with Crippen LogP contribution in [0.15, 0.2) is 150 Å². The lowest BCUT2D eigenvalue weighted by Gasteiger charge is -2.15. The van der Waals surface area contributed by atoms with Gasteiger partial charge in [-0.25, -0.2) is 15.0 Å². The maximum absolute atomic E-state index is 6.63. The number of rotatable bonds is 4. The van der Waals surface area contributed by atoms with E-state index in [9.17, 15) is 0 Å². The van der Waals surface area contributed by atoms with Crippen molar-refractivity contribution in [1.29, 1.82) is 0 Å². The minimum absolute atomic E-state index is 0.0735. The lowest BCUT2D eigenvalue weighted by atomic mass is 9.96. The van der Waals surface area contributed by atoms with Crippen molar-refractivity contribution in [3.63, 3.8) is 0 Å². The summed E-state index contributed by atoms with van der Waals surface area (Å²) in [4.78, 5) is 15.3. The molecule has 0 amide bonds. The van der Waals surface area contributed by atoms with Crippen LogP contribution >= 0.6 is 0 Å². The molecule has 4 heteroatoms. The average Bonchev–Trinajstić information content (AvgIpc) is 3.51. The fraction of sp³-hybridized carbons (Fsp3) is 0.0488. The van der Waals surface area contributed by atoms with E-state index in [1.165, 1.54) is 16.2 Å². The van der Waals surface area contributed by atoms with Gasteiger partial charge >= 0.3 is 0 Å². The molecule has 1 unspecified atom stereocenters. The maximum atomic E-state index is 6.63. The average molecular weight is 578 g/mol. The second-order valence-electron chi connectivity index (χ2n) is 11.6. The maximum Gasteiger partial charge on any atom is 0.164 e. The van der Waals surface area contributed by atoms with Crippen molar-refractivity contribution >= 4 is 43.5 Å². The molecular formula is C41H27N3O. The summed E-state index contributed by atoms with van der Waals surface area (Å²) in [5.41, 5.74) is 5.72. The molecule has 2 aromatic heterocycles. The number of hydrogen-bond donors (Lipinski definition) is 0. The molecule has 1 aliphatic rings. The SMILES string of the molecule is C1=CCC(c2nc(-c3ccc4ccccc4c3)nc(-c3ccc(-c4ccc5ccccc5c4)c4oc5ccccc5c34)n2)C=C1. The van der Waals surface area contributed by atoms with Gasteiger partial charge in [-0.05, 0) is 63.9 Å². The highest BCUT2D eigenvalue weighted by Gasteiger charge is 2.22. The van der Waals surface area contributed by atoms with Gasteiger partial charge in [0.1, 0.15) is 17.0 Å². The summed E-state index contributed by atoms with van der Waals surface area (Å²) in [6.45, 7) is 0. The van der Waals surface area contributed by atoms with E-state index in [2.05, 4.69) is 133 Å². The Morgan fingerprint density at radius 3 is 2.00 bits per heavy atom. The zero-order valence-corrected chi connectivity index (χ0v) is 24.4. The monoisotopic (exact) mass is 577 g/mol. The molecule has 1 aliphatic carbocycles. The Morgan fingerprint density at radius 1 is 0.556 bits per heavy atom. The Bertz CT molecular complexity index is 2490. The van der Waals surface area contributed by atoms with Crippen molar-refractivity contribution in [2.75, 3.05) is 0 Å². The summed E-state index contributed by atoms with van der Waals surface area (Å²) < 4.78 is 6.63. The summed E-state index contributed by atoms with van der Waals surface area (Å²) in [5.74, 6) is 2.16. The standard InChI is InChI=1S/C41H27N3O/c1-2-12-28(13-3-1)39-42-40(32-21-19-27-11-5-7-15-30(27)25-32)44-41(43-39)35-23-22-33(31-20-18-26-10-4-6-14-29(26)24-31)38-37(35)34-16-8-9-17-36(34)45-38/h1-12,14-25,28H,13H2. The van der Waals surface area contributed by atoms with Crippen LogP contribution < -0.4 is 0 Å². The molecule has 9 rings (SSSR count). The van der Waals surface area contributed by atoms with E-state index in [-0.39, 0.29) is 5.92 Å². The van der Waals surface area contributed by atoms with Gasteiger partial charge in [0.05, 0.1) is 0 Å². The highest BCUT2D eigenvalue weighted by atomic mass is 16.3. The normalized spacial score (nSPS) is 14.6. The first kappa shape index (κ1) is 25.6. The molecule has 0 N–H and O–H groups in total. The van der Waals surface area contributed by atoms with Crippen molar-refractivity contribution in [3.05, 3.63) is 151 Å². The van der Waals surface area contributed by atoms with Crippen LogP contribution in [0.2, 0.25) is 0 Å². The van der Waals surface area contributed by atoms with Crippen molar-refractivity contribution in [3.8, 4) is 33.9 Å². The molecule has 0 saturated heterocycles. The Hall–Kier alpha value is -5.87. The molecule has 0 aliphatic heterocycles. The van der Waals surface area contributed by atoms with Crippen LogP contribution in [-0.2, 0) is 0 Å². The van der Waals surface area contributed by atoms with Crippen LogP contribution in [-0.4, -0.2) is 15.0 Å². The first-order valence-electron chi connectivity index (χ1n) is 15.3. The van der Waals surface area contributed by atoms with Gasteiger partial charge in [-0.15, -0.1) is 0 Å². The second kappa shape index (κ2) is 10.4. The van der Waals surface area contributed by atoms with Crippen molar-refractivity contribution in [2.24, 2.45) is 0 Å². The molecule has 0 radical (unpaired) electrons. The van der Waals surface area contributed by atoms with Crippen molar-refractivity contribution < 1.29 is 4.42 Å². The van der Waals surface area contributed by atoms with Gasteiger partial charge in [0.2, 0.25) is 0 Å². The van der Waals surface area contributed by atoms with Crippen molar-refractivity contribution in [1.82, 2.24) is 15.0 Å². The third-order valence-corrected chi connectivity index (χ3v) is 8.80. The minimum atomic E-state index is 0.0735. The lowest BCUT2D eigenvalue weighted by Crippen LogP contribution is -2.08. The fourth-order valence-corrected chi connectivity index (χ4v) is 6.51. The van der Waals surface area contributed by atoms with E-state index in [0.29, 0.717) is 11.6 Å². The molecule has 8 aromatic rings. The first-order chi connectivity index (χ1) is 22.3. The zero-order chi connectivity index (χ0) is 29.7. The smallest absolute Gasteiger partial charge is 0.164 e. The van der Waals surface area contributed by atoms with Crippen LogP contribution in [0.5, 0.6) is 0 Å². The fourth-order valence-electron chi connectivity index (χ4n) is 6.51. The van der Waals surface area contributed by atoms with E-state index >= 15 is 0 Å². The van der Waals surface area contributed by atoms with Gasteiger partial charge in [-0.1, -0.05) is 115 Å². The molecular weight excluding hydrogens is 550 g/mol. The third kappa shape index (κ3) is 4.42. The molecule has 0 spiro atoms. The topological polar surface area (TPSA) is 51.8 Å². The number of allylic oxidation sites excluding steroid dienone is 4. The van der Waals surface area contributed by atoms with E-state index < -0.39 is 0 Å². The summed E-state index contributed by atoms with van der Waals surface area (Å²) in [6.07, 6.45) is 9.35. The van der Waals surface area contributed by atoms with Gasteiger partial charge in [0.15, 0.2) is 11.6 Å². The van der Waals surface area contributed by atoms with Crippen LogP contribution in [0.25, 0.3) is 77.4 Å². The van der Waals surface area contributed by atoms with Gasteiger partial charge in [0, 0.05) is 33.4 Å². The predicted octanol–water partition coefficient (Wildman–Crippen LogP) is 10.7. The Labute approximate surface area is 260 Å². The van der Waals surface area contributed by atoms with E-state index in [0.717, 1.165) is 61.8 Å². The molecule has 2 heterocycles. The minimum Gasteiger partial charge on any atom is -0.455 e. The predicted molar refractivity (Wildman–Crippen MR) is 184 cm³/mol. The number of para-hydroxylation sites is 1. The van der Waals surface area contributed by atoms with E-state index in [1.807, 2.05) is 12.1 Å². The van der Waals surface area contributed by atoms with Gasteiger partial charge in [-0.3, -0.25) is 0 Å². The first-order valence-corrected chi connectivity index (χ1v) is 15.3. The number of benzene rings is 6. The number of nitrogens with zero attached hydrogens (tertiary/aromatic N) is 3. The molecule has 45 heavy (non-hydrogen) atoms. The molecule has 6 aromatic carbocycles. The third-order valence-electron chi connectivity index (χ3n) is 8.80. The molecule has 0 bridgehead atoms. The summed E-state index contributed by atoms with van der Waals surface area (Å²) in [5, 5.41) is 6.80. The molecule has 0 saturated carbocycles. The second-order valence-corrected chi connectivity index (χ2v) is 11.6. The van der Waals surface area contributed by atoms with Gasteiger partial charge in [-0.2, -0.15) is 0 Å². The van der Waals surface area contributed by atoms with Crippen molar-refractivity contribution in [2.45, 2.75) is 12.3 Å². The Balaban J connectivity index is 1.29. The largest absolute Gasteiger partial charge is 0.455 e. The van der Waals surface area contributed by atoms with Crippen LogP contribution in [0.3, 0.4) is 0 Å². The Kier molecular flexibility index (Phi) is 5.91. The van der Waals surface area contributed by atoms with E-state index in [4.69, 9.17) is 19.4 Å². The number of furan rings is 1. The van der Waals surface area contributed by atoms with Crippen LogP contribution in [0.1, 0.15) is 18.2 Å². The van der Waals surface area contributed by atoms with Crippen LogP contribution in [0.4, 0.5) is 0 Å². The molecule has 212 valence electrons. The molecule has 4 nitrogen and oxygen atoms in total. The lowest BCUT2D eigenvalue weighted by molar-refractivity contribution is 0.670.